The highest BCUT2D eigenvalue weighted by Gasteiger charge is 2.19. The van der Waals surface area contributed by atoms with Gasteiger partial charge >= 0.3 is 0 Å². The Kier molecular flexibility index (Phi) is 5.42. The third-order valence-electron chi connectivity index (χ3n) is 3.30. The number of benzene rings is 2. The monoisotopic (exact) mass is 363 g/mol. The molecule has 7 heteroatoms. The first-order valence-corrected chi connectivity index (χ1v) is 9.10. The van der Waals surface area contributed by atoms with Crippen LogP contribution >= 0.6 is 23.1 Å². The molecule has 1 N–H and O–H groups in total. The van der Waals surface area contributed by atoms with Gasteiger partial charge in [-0.2, -0.15) is 0 Å². The second-order valence-electron chi connectivity index (χ2n) is 5.00. The molecule has 1 aromatic heterocycles. The van der Waals surface area contributed by atoms with Gasteiger partial charge in [0.1, 0.15) is 11.6 Å². The number of hydrogen-bond acceptors (Lipinski definition) is 5. The normalized spacial score (nSPS) is 11.0. The lowest BCUT2D eigenvalue weighted by molar-refractivity contribution is 0.626. The predicted molar refractivity (Wildman–Crippen MR) is 94.6 cm³/mol. The highest BCUT2D eigenvalue weighted by molar-refractivity contribution is 8.01. The second-order valence-corrected chi connectivity index (χ2v) is 7.33. The van der Waals surface area contributed by atoms with E-state index in [4.69, 9.17) is 0 Å². The zero-order chi connectivity index (χ0) is 16.9. The number of halogens is 2. The molecule has 0 bridgehead atoms. The van der Waals surface area contributed by atoms with Crippen LogP contribution in [0.2, 0.25) is 0 Å². The first kappa shape index (κ1) is 16.9. The maximum absolute atomic E-state index is 13.2. The van der Waals surface area contributed by atoms with Crippen LogP contribution in [0.4, 0.5) is 13.9 Å². The van der Waals surface area contributed by atoms with Crippen LogP contribution in [0.5, 0.6) is 0 Å². The standard InChI is InChI=1S/C17H15F2N3S2/c1-2-20-16-21-22-17(24-16)23-15(11-3-7-13(18)8-4-11)12-5-9-14(19)10-6-12/h3-10,15H,2H2,1H3,(H,20,21). The van der Waals surface area contributed by atoms with Crippen molar-refractivity contribution < 1.29 is 8.78 Å². The van der Waals surface area contributed by atoms with Gasteiger partial charge in [-0.25, -0.2) is 8.78 Å². The third kappa shape index (κ3) is 4.10. The topological polar surface area (TPSA) is 37.8 Å². The van der Waals surface area contributed by atoms with E-state index in [2.05, 4.69) is 15.5 Å². The Morgan fingerprint density at radius 2 is 1.50 bits per heavy atom. The van der Waals surface area contributed by atoms with Gasteiger partial charge in [0, 0.05) is 6.54 Å². The molecule has 0 atom stereocenters. The van der Waals surface area contributed by atoms with E-state index in [0.29, 0.717) is 0 Å². The zero-order valence-electron chi connectivity index (χ0n) is 12.9. The second kappa shape index (κ2) is 7.72. The van der Waals surface area contributed by atoms with Gasteiger partial charge in [-0.1, -0.05) is 47.4 Å². The summed E-state index contributed by atoms with van der Waals surface area (Å²) < 4.78 is 27.3. The minimum absolute atomic E-state index is 0.117. The number of nitrogens with zero attached hydrogens (tertiary/aromatic N) is 2. The van der Waals surface area contributed by atoms with Crippen molar-refractivity contribution in [1.82, 2.24) is 10.2 Å². The molecule has 0 spiro atoms. The number of aromatic nitrogens is 2. The molecule has 0 saturated carbocycles. The molecule has 0 fully saturated rings. The third-order valence-corrected chi connectivity index (χ3v) is 5.58. The quantitative estimate of drug-likeness (QED) is 0.616. The van der Waals surface area contributed by atoms with Gasteiger partial charge in [0.25, 0.3) is 0 Å². The minimum atomic E-state index is -0.285. The summed E-state index contributed by atoms with van der Waals surface area (Å²) in [7, 11) is 0. The largest absolute Gasteiger partial charge is 0.360 e. The number of thioether (sulfide) groups is 1. The Labute approximate surface area is 147 Å². The maximum atomic E-state index is 13.2. The fourth-order valence-electron chi connectivity index (χ4n) is 2.18. The lowest BCUT2D eigenvalue weighted by Crippen LogP contribution is -1.97. The molecule has 3 aromatic rings. The van der Waals surface area contributed by atoms with E-state index in [1.807, 2.05) is 6.92 Å². The van der Waals surface area contributed by atoms with Crippen molar-refractivity contribution in [3.8, 4) is 0 Å². The van der Waals surface area contributed by atoms with Crippen LogP contribution in [0.3, 0.4) is 0 Å². The van der Waals surface area contributed by atoms with Crippen LogP contribution in [0.15, 0.2) is 52.9 Å². The summed E-state index contributed by atoms with van der Waals surface area (Å²) in [5.41, 5.74) is 1.85. The van der Waals surface area contributed by atoms with Gasteiger partial charge in [0.2, 0.25) is 5.13 Å². The molecule has 1 heterocycles. The molecule has 0 saturated heterocycles. The molecule has 0 unspecified atom stereocenters. The fraction of sp³-hybridized carbons (Fsp3) is 0.176. The fourth-order valence-corrected chi connectivity index (χ4v) is 4.32. The average molecular weight is 363 g/mol. The van der Waals surface area contributed by atoms with Crippen LogP contribution in [-0.4, -0.2) is 16.7 Å². The Morgan fingerprint density at radius 1 is 0.958 bits per heavy atom. The van der Waals surface area contributed by atoms with Crippen LogP contribution < -0.4 is 5.32 Å². The zero-order valence-corrected chi connectivity index (χ0v) is 14.5. The molecular weight excluding hydrogens is 348 g/mol. The SMILES string of the molecule is CCNc1nnc(SC(c2ccc(F)cc2)c2ccc(F)cc2)s1. The summed E-state index contributed by atoms with van der Waals surface area (Å²) in [6.07, 6.45) is 0. The highest BCUT2D eigenvalue weighted by Crippen LogP contribution is 2.42. The van der Waals surface area contributed by atoms with E-state index in [9.17, 15) is 8.78 Å². The molecule has 2 aromatic carbocycles. The highest BCUT2D eigenvalue weighted by atomic mass is 32.2. The van der Waals surface area contributed by atoms with Crippen molar-refractivity contribution in [2.45, 2.75) is 16.5 Å². The number of hydrogen-bond donors (Lipinski definition) is 1. The van der Waals surface area contributed by atoms with Crippen LogP contribution in [0, 0.1) is 11.6 Å². The molecule has 3 rings (SSSR count). The van der Waals surface area contributed by atoms with Crippen molar-refractivity contribution in [2.75, 3.05) is 11.9 Å². The van der Waals surface area contributed by atoms with Crippen molar-refractivity contribution >= 4 is 28.2 Å². The lowest BCUT2D eigenvalue weighted by atomic mass is 10.0. The van der Waals surface area contributed by atoms with E-state index >= 15 is 0 Å². The smallest absolute Gasteiger partial charge is 0.206 e. The summed E-state index contributed by atoms with van der Waals surface area (Å²) >= 11 is 2.98. The Hall–Kier alpha value is -1.99. The van der Waals surface area contributed by atoms with E-state index in [1.54, 1.807) is 24.3 Å². The summed E-state index contributed by atoms with van der Waals surface area (Å²) in [6.45, 7) is 2.77. The van der Waals surface area contributed by atoms with E-state index in [1.165, 1.54) is 47.4 Å². The molecule has 0 aliphatic carbocycles. The number of rotatable bonds is 6. The van der Waals surface area contributed by atoms with Crippen molar-refractivity contribution in [1.29, 1.82) is 0 Å². The number of anilines is 1. The summed E-state index contributed by atoms with van der Waals surface area (Å²) in [6, 6.07) is 12.7. The minimum Gasteiger partial charge on any atom is -0.360 e. The van der Waals surface area contributed by atoms with E-state index in [0.717, 1.165) is 27.1 Å². The Morgan fingerprint density at radius 3 is 2.00 bits per heavy atom. The van der Waals surface area contributed by atoms with Gasteiger partial charge in [-0.05, 0) is 42.3 Å². The molecule has 124 valence electrons. The van der Waals surface area contributed by atoms with Crippen LogP contribution in [0.1, 0.15) is 23.3 Å². The molecule has 0 radical (unpaired) electrons. The first-order chi connectivity index (χ1) is 11.7. The Bertz CT molecular complexity index is 743. The molecule has 0 amide bonds. The van der Waals surface area contributed by atoms with Gasteiger partial charge in [-0.3, -0.25) is 0 Å². The summed E-state index contributed by atoms with van der Waals surface area (Å²) in [4.78, 5) is 0. The van der Waals surface area contributed by atoms with Gasteiger partial charge in [0.15, 0.2) is 4.34 Å². The molecule has 0 aliphatic heterocycles. The molecule has 24 heavy (non-hydrogen) atoms. The van der Waals surface area contributed by atoms with Gasteiger partial charge < -0.3 is 5.32 Å². The van der Waals surface area contributed by atoms with Crippen LogP contribution in [-0.2, 0) is 0 Å². The first-order valence-electron chi connectivity index (χ1n) is 7.40. The average Bonchev–Trinajstić information content (AvgIpc) is 3.02. The van der Waals surface area contributed by atoms with E-state index in [-0.39, 0.29) is 16.9 Å². The van der Waals surface area contributed by atoms with Crippen molar-refractivity contribution in [3.05, 3.63) is 71.3 Å². The summed E-state index contributed by atoms with van der Waals surface area (Å²) in [5, 5.41) is 12.0. The number of nitrogens with one attached hydrogen (secondary N) is 1. The molecule has 3 nitrogen and oxygen atoms in total. The van der Waals surface area contributed by atoms with Gasteiger partial charge in [-0.15, -0.1) is 10.2 Å². The molecule has 0 aliphatic rings. The predicted octanol–water partition coefficient (Wildman–Crippen LogP) is 5.13. The van der Waals surface area contributed by atoms with Crippen LogP contribution in [0.25, 0.3) is 0 Å². The molecular formula is C17H15F2N3S2. The van der Waals surface area contributed by atoms with Crippen molar-refractivity contribution in [2.24, 2.45) is 0 Å². The lowest BCUT2D eigenvalue weighted by Gasteiger charge is -2.16. The van der Waals surface area contributed by atoms with E-state index < -0.39 is 0 Å². The maximum Gasteiger partial charge on any atom is 0.206 e. The van der Waals surface area contributed by atoms with Crippen molar-refractivity contribution in [3.63, 3.8) is 0 Å². The Balaban J connectivity index is 1.91. The van der Waals surface area contributed by atoms with Gasteiger partial charge in [0.05, 0.1) is 5.25 Å². The summed E-state index contributed by atoms with van der Waals surface area (Å²) in [5.74, 6) is -0.570.